The maximum Gasteiger partial charge on any atom is 0.176 e. The van der Waals surface area contributed by atoms with Crippen LogP contribution in [0.2, 0.25) is 0 Å². The standard InChI is InChI=1S/C42H79N7O29.7ClH/c43-9(1-50)23(59)31(10(58)2-51)73-38-18(45)26(62)33(12(4-53)68-38)75-40-20(47)28(64)35(14(6-55)70-40)77-42-22(49)30(66)36(16(8-57)72-42)78-41-21(48)29(65)34(15(7-56)71-41)76-39-19(46)27(63)32(13(5-54)69-39)74-37-17(44)25(61)24(60)11(3-52)67-37;;;;;;;/h1,9-42,51-66H,2-8,43-49H2;7*1H/t9-,10+,11+,12+,13+,14+,15+,16+,17+,18+,19+,20+,21+,22+,23+,24+,25+,26+,27+,28+,29+,30+,31+,32+,33+,34+,35+,36+,37-,38-,39-,40-,41-,42-;;;;;;;/m0......./s1. The largest absolute Gasteiger partial charge is 0.394 e. The second-order valence-corrected chi connectivity index (χ2v) is 19.8. The van der Waals surface area contributed by atoms with Crippen molar-refractivity contribution in [1.29, 1.82) is 0 Å². The topological polar surface area (TPSA) is 634 Å². The van der Waals surface area contributed by atoms with Gasteiger partial charge in [-0.05, 0) is 0 Å². The molecule has 0 spiro atoms. The molecule has 0 aromatic carbocycles. The molecule has 512 valence electrons. The van der Waals surface area contributed by atoms with Crippen LogP contribution in [-0.2, 0) is 61.6 Å². The molecule has 6 aliphatic rings. The molecule has 43 heteroatoms. The first kappa shape index (κ1) is 87.4. The van der Waals surface area contributed by atoms with Crippen LogP contribution in [0, 0.1) is 0 Å². The number of hydrogen-bond acceptors (Lipinski definition) is 36. The van der Waals surface area contributed by atoms with Gasteiger partial charge in [-0.2, -0.15) is 0 Å². The van der Waals surface area contributed by atoms with Crippen molar-refractivity contribution in [3.8, 4) is 0 Å². The van der Waals surface area contributed by atoms with Crippen molar-refractivity contribution in [3.05, 3.63) is 0 Å². The number of aliphatic hydroxyl groups is 16. The van der Waals surface area contributed by atoms with Crippen molar-refractivity contribution in [2.24, 2.45) is 40.1 Å². The van der Waals surface area contributed by atoms with Crippen LogP contribution >= 0.6 is 86.8 Å². The van der Waals surface area contributed by atoms with Gasteiger partial charge in [-0.25, -0.2) is 0 Å². The van der Waals surface area contributed by atoms with E-state index in [0.717, 1.165) is 0 Å². The first-order valence-corrected chi connectivity index (χ1v) is 25.0. The maximum atomic E-state index is 11.5. The molecule has 6 fully saturated rings. The van der Waals surface area contributed by atoms with Gasteiger partial charge in [-0.3, -0.25) is 0 Å². The molecule has 30 N–H and O–H groups in total. The highest BCUT2D eigenvalue weighted by Gasteiger charge is 2.57. The van der Waals surface area contributed by atoms with Crippen LogP contribution in [0.1, 0.15) is 0 Å². The van der Waals surface area contributed by atoms with Gasteiger partial charge in [0.1, 0.15) is 134 Å². The first-order valence-electron chi connectivity index (χ1n) is 25.0. The van der Waals surface area contributed by atoms with Crippen LogP contribution in [0.3, 0.4) is 0 Å². The van der Waals surface area contributed by atoms with Crippen LogP contribution in [0.25, 0.3) is 0 Å². The van der Waals surface area contributed by atoms with Crippen LogP contribution in [0.5, 0.6) is 0 Å². The molecule has 0 radical (unpaired) electrons. The van der Waals surface area contributed by atoms with Gasteiger partial charge < -0.3 is 183 Å². The smallest absolute Gasteiger partial charge is 0.176 e. The van der Waals surface area contributed by atoms with Crippen LogP contribution < -0.4 is 40.1 Å². The number of aliphatic hydroxyl groups excluding tert-OH is 16. The number of aldehydes is 1. The average molecular weight is 1400 g/mol. The molecular weight excluding hydrogens is 1310 g/mol. The van der Waals surface area contributed by atoms with Crippen molar-refractivity contribution < 1.29 is 143 Å². The number of carbonyl (C=O) groups is 1. The van der Waals surface area contributed by atoms with Gasteiger partial charge >= 0.3 is 0 Å². The summed E-state index contributed by atoms with van der Waals surface area (Å²) in [5.41, 5.74) is 43.0. The van der Waals surface area contributed by atoms with Gasteiger partial charge in [0, 0.05) is 0 Å². The minimum atomic E-state index is -1.90. The van der Waals surface area contributed by atoms with E-state index in [1.54, 1.807) is 0 Å². The highest BCUT2D eigenvalue weighted by atomic mass is 35.5. The Morgan fingerprint density at radius 2 is 0.588 bits per heavy atom. The van der Waals surface area contributed by atoms with E-state index in [1.807, 2.05) is 0 Å². The number of carbonyl (C=O) groups excluding carboxylic acids is 1. The van der Waals surface area contributed by atoms with Crippen molar-refractivity contribution in [1.82, 2.24) is 0 Å². The van der Waals surface area contributed by atoms with Crippen molar-refractivity contribution >= 4 is 93.1 Å². The van der Waals surface area contributed by atoms with Crippen molar-refractivity contribution in [3.63, 3.8) is 0 Å². The third-order valence-electron chi connectivity index (χ3n) is 14.6. The predicted molar refractivity (Wildman–Crippen MR) is 297 cm³/mol. The van der Waals surface area contributed by atoms with Crippen LogP contribution in [-0.4, -0.2) is 342 Å². The van der Waals surface area contributed by atoms with Crippen LogP contribution in [0.4, 0.5) is 0 Å². The minimum Gasteiger partial charge on any atom is -0.394 e. The molecule has 34 atom stereocenters. The Hall–Kier alpha value is 0.300. The molecule has 36 nitrogen and oxygen atoms in total. The maximum absolute atomic E-state index is 11.5. The second kappa shape index (κ2) is 39.1. The Balaban J connectivity index is 0. The van der Waals surface area contributed by atoms with E-state index in [2.05, 4.69) is 0 Å². The highest BCUT2D eigenvalue weighted by Crippen LogP contribution is 2.36. The molecule has 0 saturated carbocycles. The van der Waals surface area contributed by atoms with E-state index in [1.165, 1.54) is 0 Å². The van der Waals surface area contributed by atoms with Gasteiger partial charge in [-0.1, -0.05) is 0 Å². The van der Waals surface area contributed by atoms with E-state index < -0.39 is 254 Å². The van der Waals surface area contributed by atoms with E-state index in [-0.39, 0.29) is 93.1 Å². The lowest BCUT2D eigenvalue weighted by molar-refractivity contribution is -0.368. The van der Waals surface area contributed by atoms with Gasteiger partial charge in [0.2, 0.25) is 0 Å². The molecular formula is C42H86Cl7N7O29. The third-order valence-corrected chi connectivity index (χ3v) is 14.6. The van der Waals surface area contributed by atoms with E-state index in [9.17, 15) is 86.5 Å². The highest BCUT2D eigenvalue weighted by molar-refractivity contribution is 5.86. The Morgan fingerprint density at radius 1 is 0.365 bits per heavy atom. The van der Waals surface area contributed by atoms with Gasteiger partial charge in [-0.15, -0.1) is 86.8 Å². The Morgan fingerprint density at radius 3 is 0.824 bits per heavy atom. The molecule has 85 heavy (non-hydrogen) atoms. The third kappa shape index (κ3) is 19.2. The van der Waals surface area contributed by atoms with Gasteiger partial charge in [0.05, 0.1) is 88.5 Å². The predicted octanol–water partition coefficient (Wildman–Crippen LogP) is -13.7. The molecule has 6 rings (SSSR count). The fourth-order valence-electron chi connectivity index (χ4n) is 9.85. The summed E-state index contributed by atoms with van der Waals surface area (Å²) in [4.78, 5) is 11.2. The normalized spacial score (nSPS) is 45.1. The zero-order valence-corrected chi connectivity index (χ0v) is 50.2. The zero-order chi connectivity index (χ0) is 57.8. The molecule has 0 aromatic heterocycles. The summed E-state index contributed by atoms with van der Waals surface area (Å²) >= 11 is 0. The molecule has 0 aromatic rings. The monoisotopic (exact) mass is 1400 g/mol. The fourth-order valence-corrected chi connectivity index (χ4v) is 9.85. The van der Waals surface area contributed by atoms with Crippen molar-refractivity contribution in [2.75, 3.05) is 46.2 Å². The Kier molecular flexibility index (Phi) is 40.2. The SMILES string of the molecule is Cl.Cl.Cl.Cl.Cl.Cl.Cl.N[C@H]1[C@H](O[C@H]2[C@H](O)[C@@H](N)[C@H](O[C@H]3[C@H](O)[C@@H](N)[C@H](O[C@H]4[C@H](O)[C@@H](N)[C@H](O[C@H]5[C@H](O)[C@@H](N)[C@H](O[C@H]6[C@H](O)[C@@H](N)[C@H](O[C@@H]([C@H](O)[C@@H](N)C=O)[C@H](O)CO)O[C@@H]6CO)O[C@@H]5CO)O[C@@H]4CO)O[C@@H]3CO)O[C@@H]2CO)O[C@H](CO)[C@@H](O)[C@@H]1O. The van der Waals surface area contributed by atoms with Gasteiger partial charge in [0.25, 0.3) is 0 Å². The summed E-state index contributed by atoms with van der Waals surface area (Å²) in [5.74, 6) is 0. The molecule has 6 aliphatic heterocycles. The summed E-state index contributed by atoms with van der Waals surface area (Å²) < 4.78 is 69.5. The second-order valence-electron chi connectivity index (χ2n) is 19.8. The Bertz CT molecular complexity index is 1850. The molecule has 6 heterocycles. The Labute approximate surface area is 528 Å². The fraction of sp³-hybridized carbons (Fsp3) is 0.976. The quantitative estimate of drug-likeness (QED) is 0.0422. The molecule has 0 aliphatic carbocycles. The summed E-state index contributed by atoms with van der Waals surface area (Å²) in [6.07, 6.45) is -44.8. The van der Waals surface area contributed by atoms with E-state index >= 15 is 0 Å². The van der Waals surface area contributed by atoms with E-state index in [4.69, 9.17) is 97.0 Å². The van der Waals surface area contributed by atoms with Gasteiger partial charge in [0.15, 0.2) is 37.7 Å². The van der Waals surface area contributed by atoms with Crippen LogP contribution in [0.15, 0.2) is 0 Å². The molecule has 6 saturated heterocycles. The number of rotatable bonds is 23. The number of ether oxygens (including phenoxy) is 12. The number of hydrogen-bond donors (Lipinski definition) is 23. The van der Waals surface area contributed by atoms with E-state index in [0.29, 0.717) is 0 Å². The summed E-state index contributed by atoms with van der Waals surface area (Å²) in [5, 5.41) is 169. The summed E-state index contributed by atoms with van der Waals surface area (Å²) in [6, 6.07) is -11.0. The first-order chi connectivity index (χ1) is 37.0. The average Bonchev–Trinajstić information content (AvgIpc) is 3.52. The lowest BCUT2D eigenvalue weighted by atomic mass is 9.93. The lowest BCUT2D eigenvalue weighted by Gasteiger charge is -2.50. The van der Waals surface area contributed by atoms with Crippen molar-refractivity contribution in [2.45, 2.75) is 208 Å². The number of nitrogens with two attached hydrogens (primary N) is 7. The number of halogens is 7. The minimum absolute atomic E-state index is 0. The lowest BCUT2D eigenvalue weighted by Crippen LogP contribution is -2.71. The molecule has 0 bridgehead atoms. The molecule has 0 unspecified atom stereocenters. The zero-order valence-electron chi connectivity index (χ0n) is 44.5. The summed E-state index contributed by atoms with van der Waals surface area (Å²) in [6.45, 7) is -6.21. The summed E-state index contributed by atoms with van der Waals surface area (Å²) in [7, 11) is 0. The molecule has 0 amide bonds.